The van der Waals surface area contributed by atoms with Crippen LogP contribution in [0.2, 0.25) is 0 Å². The largest absolute Gasteiger partial charge is 0.376 e. The molecule has 2 amide bonds. The third-order valence-corrected chi connectivity index (χ3v) is 4.44. The molecule has 0 aliphatic carbocycles. The van der Waals surface area contributed by atoms with E-state index in [4.69, 9.17) is 4.74 Å². The van der Waals surface area contributed by atoms with E-state index in [0.29, 0.717) is 12.2 Å². The second-order valence-corrected chi connectivity index (χ2v) is 6.36. The SMILES string of the molecule is O=C(NCc1cccs1)Nc1cnn(C[C@H]2CCCCO2)c1. The zero-order valence-electron chi connectivity index (χ0n) is 12.3. The van der Waals surface area contributed by atoms with Crippen LogP contribution in [0.3, 0.4) is 0 Å². The van der Waals surface area contributed by atoms with Gasteiger partial charge in [-0.15, -0.1) is 11.3 Å². The minimum absolute atomic E-state index is 0.220. The molecule has 3 rings (SSSR count). The fraction of sp³-hybridized carbons (Fsp3) is 0.467. The highest BCUT2D eigenvalue weighted by molar-refractivity contribution is 7.09. The van der Waals surface area contributed by atoms with E-state index in [9.17, 15) is 4.79 Å². The molecule has 0 radical (unpaired) electrons. The van der Waals surface area contributed by atoms with Gasteiger partial charge in [-0.1, -0.05) is 6.07 Å². The normalized spacial score (nSPS) is 18.1. The van der Waals surface area contributed by atoms with Crippen molar-refractivity contribution in [3.8, 4) is 0 Å². The summed E-state index contributed by atoms with van der Waals surface area (Å²) in [4.78, 5) is 13.0. The van der Waals surface area contributed by atoms with E-state index in [1.54, 1.807) is 17.5 Å². The molecule has 0 unspecified atom stereocenters. The maximum absolute atomic E-state index is 11.8. The van der Waals surface area contributed by atoms with Crippen molar-refractivity contribution in [1.29, 1.82) is 0 Å². The van der Waals surface area contributed by atoms with E-state index in [0.717, 1.165) is 30.9 Å². The molecule has 7 heteroatoms. The summed E-state index contributed by atoms with van der Waals surface area (Å²) in [6.07, 6.45) is 7.16. The summed E-state index contributed by atoms with van der Waals surface area (Å²) in [7, 11) is 0. The summed E-state index contributed by atoms with van der Waals surface area (Å²) in [5, 5.41) is 11.9. The molecule has 2 N–H and O–H groups in total. The number of anilines is 1. The van der Waals surface area contributed by atoms with E-state index in [1.165, 1.54) is 6.42 Å². The number of aromatic nitrogens is 2. The second kappa shape index (κ2) is 7.42. The molecule has 0 spiro atoms. The first-order valence-electron chi connectivity index (χ1n) is 7.51. The van der Waals surface area contributed by atoms with Gasteiger partial charge in [0.25, 0.3) is 0 Å². The fourth-order valence-electron chi connectivity index (χ4n) is 2.44. The lowest BCUT2D eigenvalue weighted by Crippen LogP contribution is -2.27. The number of carbonyl (C=O) groups is 1. The van der Waals surface area contributed by atoms with Gasteiger partial charge in [-0.05, 0) is 30.7 Å². The van der Waals surface area contributed by atoms with Crippen molar-refractivity contribution in [2.45, 2.75) is 38.5 Å². The molecule has 2 aromatic rings. The molecule has 118 valence electrons. The number of urea groups is 1. The molecule has 0 bridgehead atoms. The van der Waals surface area contributed by atoms with Crippen LogP contribution < -0.4 is 10.6 Å². The Labute approximate surface area is 133 Å². The Kier molecular flexibility index (Phi) is 5.07. The molecule has 1 saturated heterocycles. The maximum atomic E-state index is 11.8. The molecule has 22 heavy (non-hydrogen) atoms. The summed E-state index contributed by atoms with van der Waals surface area (Å²) >= 11 is 1.62. The Bertz CT molecular complexity index is 590. The molecule has 2 aromatic heterocycles. The molecule has 3 heterocycles. The van der Waals surface area contributed by atoms with Gasteiger partial charge < -0.3 is 15.4 Å². The van der Waals surface area contributed by atoms with Gasteiger partial charge in [0.1, 0.15) is 0 Å². The van der Waals surface area contributed by atoms with E-state index in [-0.39, 0.29) is 12.1 Å². The lowest BCUT2D eigenvalue weighted by molar-refractivity contribution is 0.00401. The Morgan fingerprint density at radius 1 is 1.50 bits per heavy atom. The number of carbonyl (C=O) groups excluding carboxylic acids is 1. The summed E-state index contributed by atoms with van der Waals surface area (Å²) in [6, 6.07) is 3.74. The van der Waals surface area contributed by atoms with Gasteiger partial charge in [-0.25, -0.2) is 4.79 Å². The number of ether oxygens (including phenoxy) is 1. The van der Waals surface area contributed by atoms with Gasteiger partial charge in [-0.2, -0.15) is 5.10 Å². The Hall–Kier alpha value is -1.86. The molecule has 1 aliphatic heterocycles. The first-order chi connectivity index (χ1) is 10.8. The van der Waals surface area contributed by atoms with Gasteiger partial charge >= 0.3 is 6.03 Å². The number of amides is 2. The predicted octanol–water partition coefficient (Wildman–Crippen LogP) is 2.84. The fourth-order valence-corrected chi connectivity index (χ4v) is 3.09. The Balaban J connectivity index is 1.45. The zero-order valence-corrected chi connectivity index (χ0v) is 13.1. The lowest BCUT2D eigenvalue weighted by atomic mass is 10.1. The molecule has 6 nitrogen and oxygen atoms in total. The number of hydrogen-bond donors (Lipinski definition) is 2. The van der Waals surface area contributed by atoms with Crippen molar-refractivity contribution >= 4 is 23.1 Å². The van der Waals surface area contributed by atoms with Crippen molar-refractivity contribution in [2.24, 2.45) is 0 Å². The third-order valence-electron chi connectivity index (χ3n) is 3.56. The monoisotopic (exact) mass is 320 g/mol. The van der Waals surface area contributed by atoms with E-state index >= 15 is 0 Å². The number of nitrogens with one attached hydrogen (secondary N) is 2. The first-order valence-corrected chi connectivity index (χ1v) is 8.39. The van der Waals surface area contributed by atoms with Gasteiger partial charge in [0, 0.05) is 17.7 Å². The average Bonchev–Trinajstić information content (AvgIpc) is 3.18. The number of hydrogen-bond acceptors (Lipinski definition) is 4. The van der Waals surface area contributed by atoms with Crippen LogP contribution in [-0.4, -0.2) is 28.5 Å². The van der Waals surface area contributed by atoms with Gasteiger partial charge in [0.2, 0.25) is 0 Å². The van der Waals surface area contributed by atoms with Gasteiger partial charge in [-0.3, -0.25) is 4.68 Å². The number of thiophene rings is 1. The molecular formula is C15H20N4O2S. The summed E-state index contributed by atoms with van der Waals surface area (Å²) < 4.78 is 7.52. The van der Waals surface area contributed by atoms with E-state index in [2.05, 4.69) is 15.7 Å². The zero-order chi connectivity index (χ0) is 15.2. The average molecular weight is 320 g/mol. The summed E-state index contributed by atoms with van der Waals surface area (Å²) in [5.41, 5.74) is 0.694. The highest BCUT2D eigenvalue weighted by Crippen LogP contribution is 2.15. The second-order valence-electron chi connectivity index (χ2n) is 5.33. The smallest absolute Gasteiger partial charge is 0.319 e. The molecule has 0 saturated carbocycles. The van der Waals surface area contributed by atoms with Crippen molar-refractivity contribution in [3.63, 3.8) is 0 Å². The quantitative estimate of drug-likeness (QED) is 0.890. The molecule has 1 fully saturated rings. The van der Waals surface area contributed by atoms with Gasteiger partial charge in [0.05, 0.1) is 31.1 Å². The lowest BCUT2D eigenvalue weighted by Gasteiger charge is -2.22. The van der Waals surface area contributed by atoms with Crippen molar-refractivity contribution in [2.75, 3.05) is 11.9 Å². The van der Waals surface area contributed by atoms with Crippen LogP contribution >= 0.6 is 11.3 Å². The predicted molar refractivity (Wildman–Crippen MR) is 86.0 cm³/mol. The summed E-state index contributed by atoms with van der Waals surface area (Å²) in [6.45, 7) is 2.11. The van der Waals surface area contributed by atoms with Crippen LogP contribution in [0.1, 0.15) is 24.1 Å². The molecule has 1 atom stereocenters. The highest BCUT2D eigenvalue weighted by Gasteiger charge is 2.15. The minimum Gasteiger partial charge on any atom is -0.376 e. The highest BCUT2D eigenvalue weighted by atomic mass is 32.1. The van der Waals surface area contributed by atoms with Crippen LogP contribution in [-0.2, 0) is 17.8 Å². The Morgan fingerprint density at radius 2 is 2.45 bits per heavy atom. The topological polar surface area (TPSA) is 68.2 Å². The standard InChI is InChI=1S/C15H20N4O2S/c20-15(16-9-14-5-3-7-22-14)18-12-8-17-19(10-12)11-13-4-1-2-6-21-13/h3,5,7-8,10,13H,1-2,4,6,9,11H2,(H2,16,18,20)/t13-/m1/s1. The minimum atomic E-state index is -0.220. The molecular weight excluding hydrogens is 300 g/mol. The molecule has 1 aliphatic rings. The third kappa shape index (κ3) is 4.32. The van der Waals surface area contributed by atoms with Crippen LogP contribution in [0.4, 0.5) is 10.5 Å². The Morgan fingerprint density at radius 3 is 3.23 bits per heavy atom. The number of rotatable bonds is 5. The van der Waals surface area contributed by atoms with Crippen LogP contribution in [0, 0.1) is 0 Å². The van der Waals surface area contributed by atoms with Crippen LogP contribution in [0.25, 0.3) is 0 Å². The van der Waals surface area contributed by atoms with E-state index < -0.39 is 0 Å². The van der Waals surface area contributed by atoms with E-state index in [1.807, 2.05) is 28.4 Å². The number of nitrogens with zero attached hydrogens (tertiary/aromatic N) is 2. The maximum Gasteiger partial charge on any atom is 0.319 e. The van der Waals surface area contributed by atoms with Crippen LogP contribution in [0.15, 0.2) is 29.9 Å². The van der Waals surface area contributed by atoms with Crippen molar-refractivity contribution in [1.82, 2.24) is 15.1 Å². The summed E-state index contributed by atoms with van der Waals surface area (Å²) in [5.74, 6) is 0. The van der Waals surface area contributed by atoms with Crippen LogP contribution in [0.5, 0.6) is 0 Å². The van der Waals surface area contributed by atoms with Crippen molar-refractivity contribution < 1.29 is 9.53 Å². The first kappa shape index (κ1) is 15.1. The van der Waals surface area contributed by atoms with Crippen molar-refractivity contribution in [3.05, 3.63) is 34.8 Å². The molecule has 0 aromatic carbocycles. The van der Waals surface area contributed by atoms with Gasteiger partial charge in [0.15, 0.2) is 0 Å².